The third-order valence-corrected chi connectivity index (χ3v) is 1.20. The van der Waals surface area contributed by atoms with E-state index in [9.17, 15) is 0 Å². The molecule has 50 valence electrons. The predicted octanol–water partition coefficient (Wildman–Crippen LogP) is 0.350. The van der Waals surface area contributed by atoms with E-state index in [1.54, 1.807) is 0 Å². The summed E-state index contributed by atoms with van der Waals surface area (Å²) in [6, 6.07) is 0.170. The minimum atomic E-state index is 0.170. The van der Waals surface area contributed by atoms with Crippen molar-refractivity contribution < 1.29 is 4.52 Å². The molecule has 0 aliphatic heterocycles. The number of rotatable bonds is 2. The molecule has 1 aromatic heterocycles. The molecule has 0 radical (unpaired) electrons. The Balaban J connectivity index is 2.65. The highest BCUT2D eigenvalue weighted by Gasteiger charge is 2.05. The van der Waals surface area contributed by atoms with E-state index in [-0.39, 0.29) is 6.04 Å². The fourth-order valence-corrected chi connectivity index (χ4v) is 0.499. The quantitative estimate of drug-likeness (QED) is 0.622. The molecule has 4 nitrogen and oxygen atoms in total. The molecule has 1 unspecified atom stereocenters. The summed E-state index contributed by atoms with van der Waals surface area (Å²) in [5, 5.41) is 6.62. The lowest BCUT2D eigenvalue weighted by Gasteiger charge is -2.01. The van der Waals surface area contributed by atoms with Gasteiger partial charge in [-0.2, -0.15) is 4.98 Å². The lowest BCUT2D eigenvalue weighted by molar-refractivity contribution is 0.402. The minimum absolute atomic E-state index is 0.170. The highest BCUT2D eigenvalue weighted by molar-refractivity contribution is 4.85. The highest BCUT2D eigenvalue weighted by Crippen LogP contribution is 2.02. The summed E-state index contributed by atoms with van der Waals surface area (Å²) in [5.41, 5.74) is 0. The molecule has 0 bridgehead atoms. The zero-order chi connectivity index (χ0) is 6.69. The van der Waals surface area contributed by atoms with Crippen LogP contribution in [0.5, 0.6) is 0 Å². The van der Waals surface area contributed by atoms with Crippen molar-refractivity contribution in [1.82, 2.24) is 15.5 Å². The van der Waals surface area contributed by atoms with Crippen LogP contribution >= 0.6 is 0 Å². The molecular formula is C5H9N3O. The highest BCUT2D eigenvalue weighted by atomic mass is 16.5. The zero-order valence-corrected chi connectivity index (χ0v) is 5.46. The van der Waals surface area contributed by atoms with Crippen molar-refractivity contribution >= 4 is 0 Å². The Morgan fingerprint density at radius 1 is 1.78 bits per heavy atom. The van der Waals surface area contributed by atoms with Crippen LogP contribution in [0, 0.1) is 0 Å². The lowest BCUT2D eigenvalue weighted by Crippen LogP contribution is -2.13. The van der Waals surface area contributed by atoms with Gasteiger partial charge in [0.05, 0.1) is 6.04 Å². The Morgan fingerprint density at radius 2 is 2.56 bits per heavy atom. The second kappa shape index (κ2) is 2.59. The second-order valence-electron chi connectivity index (χ2n) is 1.80. The normalized spacial score (nSPS) is 13.6. The largest absolute Gasteiger partial charge is 0.343 e. The summed E-state index contributed by atoms with van der Waals surface area (Å²) in [6.45, 7) is 1.96. The Bertz CT molecular complexity index is 161. The molecule has 1 rings (SSSR count). The van der Waals surface area contributed by atoms with Crippen LogP contribution in [0.4, 0.5) is 0 Å². The van der Waals surface area contributed by atoms with E-state index in [0.717, 1.165) is 0 Å². The molecule has 0 spiro atoms. The summed E-state index contributed by atoms with van der Waals surface area (Å²) in [7, 11) is 1.85. The van der Waals surface area contributed by atoms with Gasteiger partial charge >= 0.3 is 0 Å². The standard InChI is InChI=1S/C5H9N3O/c1-4(6-2)5-7-3-9-8-5/h3-4,6H,1-2H3. The van der Waals surface area contributed by atoms with Gasteiger partial charge in [0, 0.05) is 0 Å². The van der Waals surface area contributed by atoms with Crippen LogP contribution in [-0.2, 0) is 0 Å². The van der Waals surface area contributed by atoms with Gasteiger partial charge in [0.25, 0.3) is 0 Å². The smallest absolute Gasteiger partial charge is 0.213 e. The maximum Gasteiger partial charge on any atom is 0.213 e. The molecule has 9 heavy (non-hydrogen) atoms. The molecule has 0 aromatic carbocycles. The first-order valence-electron chi connectivity index (χ1n) is 2.78. The Kier molecular flexibility index (Phi) is 1.79. The third kappa shape index (κ3) is 1.26. The van der Waals surface area contributed by atoms with Gasteiger partial charge in [-0.3, -0.25) is 0 Å². The van der Waals surface area contributed by atoms with Gasteiger partial charge in [-0.1, -0.05) is 5.16 Å². The summed E-state index contributed by atoms with van der Waals surface area (Å²) in [4.78, 5) is 3.85. The van der Waals surface area contributed by atoms with Crippen molar-refractivity contribution in [3.63, 3.8) is 0 Å². The molecule has 0 saturated heterocycles. The van der Waals surface area contributed by atoms with Gasteiger partial charge in [0.2, 0.25) is 6.39 Å². The first-order chi connectivity index (χ1) is 4.34. The Hall–Kier alpha value is -0.900. The summed E-state index contributed by atoms with van der Waals surface area (Å²) in [6.07, 6.45) is 1.32. The van der Waals surface area contributed by atoms with E-state index in [0.29, 0.717) is 5.82 Å². The van der Waals surface area contributed by atoms with Crippen molar-refractivity contribution in [2.45, 2.75) is 13.0 Å². The SMILES string of the molecule is CNC(C)c1ncon1. The van der Waals surface area contributed by atoms with E-state index in [2.05, 4.69) is 20.0 Å². The molecule has 1 atom stereocenters. The molecule has 0 saturated carbocycles. The summed E-state index contributed by atoms with van der Waals surface area (Å²) < 4.78 is 4.54. The molecule has 1 aromatic rings. The molecule has 0 amide bonds. The molecular weight excluding hydrogens is 118 g/mol. The number of hydrogen-bond donors (Lipinski definition) is 1. The molecule has 1 N–H and O–H groups in total. The lowest BCUT2D eigenvalue weighted by atomic mass is 10.3. The van der Waals surface area contributed by atoms with Gasteiger partial charge in [0.1, 0.15) is 0 Å². The Morgan fingerprint density at radius 3 is 3.00 bits per heavy atom. The monoisotopic (exact) mass is 127 g/mol. The predicted molar refractivity (Wildman–Crippen MR) is 31.8 cm³/mol. The number of nitrogens with one attached hydrogen (secondary N) is 1. The fraction of sp³-hybridized carbons (Fsp3) is 0.600. The van der Waals surface area contributed by atoms with Crippen LogP contribution in [0.1, 0.15) is 18.8 Å². The summed E-state index contributed by atoms with van der Waals surface area (Å²) >= 11 is 0. The van der Waals surface area contributed by atoms with Gasteiger partial charge in [-0.25, -0.2) is 0 Å². The van der Waals surface area contributed by atoms with Crippen LogP contribution in [0.15, 0.2) is 10.9 Å². The van der Waals surface area contributed by atoms with E-state index >= 15 is 0 Å². The van der Waals surface area contributed by atoms with Gasteiger partial charge in [-0.05, 0) is 14.0 Å². The van der Waals surface area contributed by atoms with Crippen molar-refractivity contribution in [3.8, 4) is 0 Å². The summed E-state index contributed by atoms with van der Waals surface area (Å²) in [5.74, 6) is 0.692. The van der Waals surface area contributed by atoms with E-state index in [1.165, 1.54) is 6.39 Å². The van der Waals surface area contributed by atoms with Crippen molar-refractivity contribution in [2.24, 2.45) is 0 Å². The van der Waals surface area contributed by atoms with Crippen molar-refractivity contribution in [2.75, 3.05) is 7.05 Å². The van der Waals surface area contributed by atoms with Crippen molar-refractivity contribution in [3.05, 3.63) is 12.2 Å². The number of nitrogens with zero attached hydrogens (tertiary/aromatic N) is 2. The number of hydrogen-bond acceptors (Lipinski definition) is 4. The molecule has 0 aliphatic rings. The van der Waals surface area contributed by atoms with E-state index < -0.39 is 0 Å². The Labute approximate surface area is 53.3 Å². The number of aromatic nitrogens is 2. The first kappa shape index (κ1) is 6.22. The van der Waals surface area contributed by atoms with Crippen LogP contribution in [-0.4, -0.2) is 17.2 Å². The van der Waals surface area contributed by atoms with E-state index in [1.807, 2.05) is 14.0 Å². The molecule has 0 fully saturated rings. The third-order valence-electron chi connectivity index (χ3n) is 1.20. The molecule has 0 aliphatic carbocycles. The minimum Gasteiger partial charge on any atom is -0.343 e. The molecule has 1 heterocycles. The van der Waals surface area contributed by atoms with Crippen LogP contribution in [0.25, 0.3) is 0 Å². The molecule has 4 heteroatoms. The average molecular weight is 127 g/mol. The average Bonchev–Trinajstić information content (AvgIpc) is 2.37. The van der Waals surface area contributed by atoms with Crippen LogP contribution < -0.4 is 5.32 Å². The van der Waals surface area contributed by atoms with Gasteiger partial charge in [0.15, 0.2) is 5.82 Å². The van der Waals surface area contributed by atoms with Gasteiger partial charge < -0.3 is 9.84 Å². The maximum absolute atomic E-state index is 4.54. The topological polar surface area (TPSA) is 51.0 Å². The van der Waals surface area contributed by atoms with Crippen LogP contribution in [0.2, 0.25) is 0 Å². The fourth-order valence-electron chi connectivity index (χ4n) is 0.499. The zero-order valence-electron chi connectivity index (χ0n) is 5.46. The first-order valence-corrected chi connectivity index (χ1v) is 2.78. The van der Waals surface area contributed by atoms with Gasteiger partial charge in [-0.15, -0.1) is 0 Å². The maximum atomic E-state index is 4.54. The van der Waals surface area contributed by atoms with Crippen LogP contribution in [0.3, 0.4) is 0 Å². The van der Waals surface area contributed by atoms with Crippen molar-refractivity contribution in [1.29, 1.82) is 0 Å². The second-order valence-corrected chi connectivity index (χ2v) is 1.80. The van der Waals surface area contributed by atoms with E-state index in [4.69, 9.17) is 0 Å².